The monoisotopic (exact) mass is 406 g/mol. The molecule has 0 aliphatic rings. The molecule has 0 aliphatic heterocycles. The molecular formula is C15H12Cl2N8S. The predicted molar refractivity (Wildman–Crippen MR) is 98.6 cm³/mol. The molecule has 132 valence electrons. The van der Waals surface area contributed by atoms with Gasteiger partial charge in [-0.05, 0) is 66.4 Å². The first kappa shape index (κ1) is 17.2. The SMILES string of the molecule is CC(C)n1c(Sc2ccc3nnnn3n2)nnc1-c1ccc(Cl)cc1Cl. The standard InChI is InChI=1S/C15H12Cl2N8S/c1-8(2)24-14(10-4-3-9(16)7-11(10)17)19-20-15(24)26-13-6-5-12-18-22-23-25(12)21-13/h3-8H,1-2H3. The minimum atomic E-state index is 0.117. The van der Waals surface area contributed by atoms with Crippen LogP contribution in [0.4, 0.5) is 0 Å². The van der Waals surface area contributed by atoms with Gasteiger partial charge in [-0.25, -0.2) is 0 Å². The van der Waals surface area contributed by atoms with Gasteiger partial charge in [0.2, 0.25) is 0 Å². The number of aromatic nitrogens is 8. The van der Waals surface area contributed by atoms with E-state index >= 15 is 0 Å². The molecule has 8 nitrogen and oxygen atoms in total. The van der Waals surface area contributed by atoms with Gasteiger partial charge in [-0.1, -0.05) is 23.2 Å². The number of nitrogens with zero attached hydrogens (tertiary/aromatic N) is 8. The van der Waals surface area contributed by atoms with E-state index in [0.29, 0.717) is 31.7 Å². The van der Waals surface area contributed by atoms with Crippen molar-refractivity contribution >= 4 is 40.6 Å². The van der Waals surface area contributed by atoms with Crippen molar-refractivity contribution < 1.29 is 0 Å². The van der Waals surface area contributed by atoms with Crippen molar-refractivity contribution in [3.63, 3.8) is 0 Å². The highest BCUT2D eigenvalue weighted by molar-refractivity contribution is 7.99. The van der Waals surface area contributed by atoms with Crippen LogP contribution >= 0.6 is 35.0 Å². The van der Waals surface area contributed by atoms with Crippen molar-refractivity contribution in [2.75, 3.05) is 0 Å². The zero-order valence-electron chi connectivity index (χ0n) is 13.7. The summed E-state index contributed by atoms with van der Waals surface area (Å²) in [7, 11) is 0. The van der Waals surface area contributed by atoms with Crippen LogP contribution in [0.15, 0.2) is 40.5 Å². The highest BCUT2D eigenvalue weighted by Gasteiger charge is 2.20. The highest BCUT2D eigenvalue weighted by atomic mass is 35.5. The quantitative estimate of drug-likeness (QED) is 0.508. The Kier molecular flexibility index (Phi) is 4.51. The maximum Gasteiger partial charge on any atom is 0.200 e. The summed E-state index contributed by atoms with van der Waals surface area (Å²) in [5.41, 5.74) is 1.35. The van der Waals surface area contributed by atoms with Crippen LogP contribution in [0, 0.1) is 0 Å². The van der Waals surface area contributed by atoms with Gasteiger partial charge in [0, 0.05) is 16.6 Å². The first-order valence-corrected chi connectivity index (χ1v) is 9.24. The second kappa shape index (κ2) is 6.82. The Morgan fingerprint density at radius 2 is 1.88 bits per heavy atom. The Hall–Kier alpha value is -2.23. The van der Waals surface area contributed by atoms with Crippen molar-refractivity contribution in [3.05, 3.63) is 40.4 Å². The topological polar surface area (TPSA) is 86.7 Å². The summed E-state index contributed by atoms with van der Waals surface area (Å²) in [5, 5.41) is 26.8. The summed E-state index contributed by atoms with van der Waals surface area (Å²) in [6.07, 6.45) is 0. The Labute approximate surface area is 162 Å². The molecule has 0 spiro atoms. The molecule has 3 heterocycles. The number of halogens is 2. The summed E-state index contributed by atoms with van der Waals surface area (Å²) >= 11 is 13.7. The number of hydrogen-bond acceptors (Lipinski definition) is 7. The minimum absolute atomic E-state index is 0.117. The van der Waals surface area contributed by atoms with E-state index in [2.05, 4.69) is 44.7 Å². The molecule has 0 unspecified atom stereocenters. The predicted octanol–water partition coefficient (Wildman–Crippen LogP) is 3.82. The normalized spacial score (nSPS) is 11.6. The fourth-order valence-electron chi connectivity index (χ4n) is 2.45. The molecule has 0 radical (unpaired) electrons. The van der Waals surface area contributed by atoms with Crippen molar-refractivity contribution in [2.24, 2.45) is 0 Å². The second-order valence-corrected chi connectivity index (χ2v) is 7.53. The molecule has 0 N–H and O–H groups in total. The first-order chi connectivity index (χ1) is 12.5. The molecule has 0 atom stereocenters. The minimum Gasteiger partial charge on any atom is -0.299 e. The summed E-state index contributed by atoms with van der Waals surface area (Å²) in [6, 6.07) is 9.06. The lowest BCUT2D eigenvalue weighted by molar-refractivity contribution is 0.554. The average Bonchev–Trinajstić information content (AvgIpc) is 3.21. The van der Waals surface area contributed by atoms with E-state index in [9.17, 15) is 0 Å². The third kappa shape index (κ3) is 3.13. The molecule has 0 aliphatic carbocycles. The van der Waals surface area contributed by atoms with Crippen LogP contribution < -0.4 is 0 Å². The van der Waals surface area contributed by atoms with Gasteiger partial charge in [-0.3, -0.25) is 4.57 Å². The number of benzene rings is 1. The van der Waals surface area contributed by atoms with Crippen LogP contribution in [0.3, 0.4) is 0 Å². The molecule has 0 saturated carbocycles. The Bertz CT molecular complexity index is 1090. The average molecular weight is 407 g/mol. The largest absolute Gasteiger partial charge is 0.299 e. The van der Waals surface area contributed by atoms with E-state index in [1.54, 1.807) is 18.2 Å². The van der Waals surface area contributed by atoms with Crippen LogP contribution in [0.25, 0.3) is 17.0 Å². The maximum atomic E-state index is 6.35. The first-order valence-electron chi connectivity index (χ1n) is 7.66. The number of tetrazole rings is 1. The number of rotatable bonds is 4. The van der Waals surface area contributed by atoms with Gasteiger partial charge >= 0.3 is 0 Å². The molecule has 0 amide bonds. The van der Waals surface area contributed by atoms with Gasteiger partial charge in [0.05, 0.1) is 5.02 Å². The van der Waals surface area contributed by atoms with Crippen LogP contribution in [0.1, 0.15) is 19.9 Å². The summed E-state index contributed by atoms with van der Waals surface area (Å²) < 4.78 is 3.38. The smallest absolute Gasteiger partial charge is 0.200 e. The molecule has 0 saturated heterocycles. The molecule has 0 fully saturated rings. The van der Waals surface area contributed by atoms with Crippen LogP contribution in [0.2, 0.25) is 10.0 Å². The third-order valence-corrected chi connectivity index (χ3v) is 5.03. The van der Waals surface area contributed by atoms with E-state index < -0.39 is 0 Å². The zero-order chi connectivity index (χ0) is 18.3. The fraction of sp³-hybridized carbons (Fsp3) is 0.200. The van der Waals surface area contributed by atoms with Gasteiger partial charge in [0.25, 0.3) is 0 Å². The lowest BCUT2D eigenvalue weighted by Gasteiger charge is -2.14. The summed E-state index contributed by atoms with van der Waals surface area (Å²) in [4.78, 5) is 0. The molecule has 26 heavy (non-hydrogen) atoms. The highest BCUT2D eigenvalue weighted by Crippen LogP contribution is 2.34. The van der Waals surface area contributed by atoms with E-state index in [-0.39, 0.29) is 6.04 Å². The lowest BCUT2D eigenvalue weighted by Crippen LogP contribution is -2.05. The molecular weight excluding hydrogens is 395 g/mol. The molecule has 0 bridgehead atoms. The Morgan fingerprint density at radius 3 is 2.65 bits per heavy atom. The van der Waals surface area contributed by atoms with Gasteiger partial charge < -0.3 is 0 Å². The van der Waals surface area contributed by atoms with Gasteiger partial charge in [0.15, 0.2) is 16.6 Å². The van der Waals surface area contributed by atoms with Gasteiger partial charge in [-0.2, -0.15) is 0 Å². The van der Waals surface area contributed by atoms with E-state index in [1.165, 1.54) is 16.4 Å². The van der Waals surface area contributed by atoms with Crippen molar-refractivity contribution in [1.29, 1.82) is 0 Å². The lowest BCUT2D eigenvalue weighted by atomic mass is 10.2. The fourth-order valence-corrected chi connectivity index (χ4v) is 3.86. The van der Waals surface area contributed by atoms with E-state index in [4.69, 9.17) is 23.2 Å². The van der Waals surface area contributed by atoms with Crippen molar-refractivity contribution in [1.82, 2.24) is 40.0 Å². The molecule has 4 aromatic rings. The van der Waals surface area contributed by atoms with Gasteiger partial charge in [-0.15, -0.1) is 25.0 Å². The molecule has 11 heteroatoms. The number of fused-ring (bicyclic) bond motifs is 1. The second-order valence-electron chi connectivity index (χ2n) is 5.69. The van der Waals surface area contributed by atoms with E-state index in [1.807, 2.05) is 16.7 Å². The van der Waals surface area contributed by atoms with Crippen molar-refractivity contribution in [3.8, 4) is 11.4 Å². The maximum absolute atomic E-state index is 6.35. The number of hydrogen-bond donors (Lipinski definition) is 0. The summed E-state index contributed by atoms with van der Waals surface area (Å²) in [5.74, 6) is 0.674. The zero-order valence-corrected chi connectivity index (χ0v) is 16.0. The molecule has 4 rings (SSSR count). The Morgan fingerprint density at radius 1 is 1.04 bits per heavy atom. The van der Waals surface area contributed by atoms with E-state index in [0.717, 1.165) is 5.56 Å². The van der Waals surface area contributed by atoms with Crippen LogP contribution in [-0.2, 0) is 0 Å². The Balaban J connectivity index is 1.76. The third-order valence-electron chi connectivity index (χ3n) is 3.59. The van der Waals surface area contributed by atoms with Crippen molar-refractivity contribution in [2.45, 2.75) is 30.1 Å². The van der Waals surface area contributed by atoms with Crippen LogP contribution in [-0.4, -0.2) is 40.0 Å². The van der Waals surface area contributed by atoms with Gasteiger partial charge in [0.1, 0.15) is 5.03 Å². The van der Waals surface area contributed by atoms with Crippen LogP contribution in [0.5, 0.6) is 0 Å². The molecule has 1 aromatic carbocycles. The molecule has 3 aromatic heterocycles. The summed E-state index contributed by atoms with van der Waals surface area (Å²) in [6.45, 7) is 4.11.